The number of allylic oxidation sites excluding steroid dienone is 2. The van der Waals surface area contributed by atoms with E-state index in [-0.39, 0.29) is 16.9 Å². The Labute approximate surface area is 262 Å². The third kappa shape index (κ3) is 5.10. The van der Waals surface area contributed by atoms with Gasteiger partial charge in [0, 0.05) is 17.7 Å². The maximum atomic E-state index is 14.2. The zero-order valence-electron chi connectivity index (χ0n) is 26.2. The molecule has 45 heavy (non-hydrogen) atoms. The standard InChI is InChI=1S/C35H41N3O7/c1-17-9-11-38(12-10-17)16-18-5-8-25(45-4)21(13-18)20-6-7-24(39)27-22(20)14-19-15-23-28(32(41)26(19)31(27)40)33(42)29(35(36)44)34(43)30(23)37(2)3/h5-8,13,17,19,23,28,30,39,41,43H,9-12,14-16H2,1-4H3,(H2,36,44)/t19?,23?,28?,30-/m0/s1. The number of phenolic OH excluding ortho intramolecular Hbond substituents is 1. The number of aliphatic hydroxyl groups excluding tert-OH is 2. The number of fused-ring (bicyclic) bond motifs is 3. The number of aromatic hydroxyl groups is 1. The van der Waals surface area contributed by atoms with Gasteiger partial charge in [0.05, 0.1) is 24.6 Å². The first kappa shape index (κ1) is 30.9. The number of rotatable bonds is 6. The van der Waals surface area contributed by atoms with Gasteiger partial charge in [-0.25, -0.2) is 0 Å². The summed E-state index contributed by atoms with van der Waals surface area (Å²) in [5, 5.41) is 33.6. The fourth-order valence-electron chi connectivity index (χ4n) is 8.06. The highest BCUT2D eigenvalue weighted by Crippen LogP contribution is 2.52. The molecular weight excluding hydrogens is 574 g/mol. The van der Waals surface area contributed by atoms with E-state index >= 15 is 0 Å². The molecule has 0 bridgehead atoms. The largest absolute Gasteiger partial charge is 0.511 e. The van der Waals surface area contributed by atoms with E-state index in [0.717, 1.165) is 42.2 Å². The van der Waals surface area contributed by atoms with Gasteiger partial charge in [0.1, 0.15) is 28.6 Å². The first-order valence-corrected chi connectivity index (χ1v) is 15.6. The molecule has 1 saturated heterocycles. The van der Waals surface area contributed by atoms with Gasteiger partial charge >= 0.3 is 0 Å². The van der Waals surface area contributed by atoms with E-state index in [1.807, 2.05) is 6.07 Å². The summed E-state index contributed by atoms with van der Waals surface area (Å²) >= 11 is 0. The quantitative estimate of drug-likeness (QED) is 0.354. The Kier molecular flexibility index (Phi) is 7.99. The van der Waals surface area contributed by atoms with Crippen LogP contribution in [0.1, 0.15) is 47.7 Å². The van der Waals surface area contributed by atoms with Crippen molar-refractivity contribution in [1.82, 2.24) is 9.80 Å². The zero-order valence-corrected chi connectivity index (χ0v) is 26.2. The maximum absolute atomic E-state index is 14.2. The monoisotopic (exact) mass is 615 g/mol. The lowest BCUT2D eigenvalue weighted by Gasteiger charge is -2.46. The van der Waals surface area contributed by atoms with Gasteiger partial charge in [-0.1, -0.05) is 19.1 Å². The van der Waals surface area contributed by atoms with E-state index in [1.165, 1.54) is 18.9 Å². The molecule has 6 rings (SSSR count). The molecular formula is C35H41N3O7. The van der Waals surface area contributed by atoms with Gasteiger partial charge < -0.3 is 25.8 Å². The van der Waals surface area contributed by atoms with Crippen LogP contribution in [0, 0.1) is 23.7 Å². The second kappa shape index (κ2) is 11.7. The van der Waals surface area contributed by atoms with Crippen LogP contribution < -0.4 is 10.5 Å². The zero-order chi connectivity index (χ0) is 32.3. The third-order valence-electron chi connectivity index (χ3n) is 10.3. The molecule has 238 valence electrons. The van der Waals surface area contributed by atoms with Crippen LogP contribution >= 0.6 is 0 Å². The Morgan fingerprint density at radius 1 is 1.04 bits per heavy atom. The molecule has 3 aliphatic carbocycles. The lowest BCUT2D eigenvalue weighted by molar-refractivity contribution is -0.127. The van der Waals surface area contributed by atoms with Crippen molar-refractivity contribution < 1.29 is 34.4 Å². The summed E-state index contributed by atoms with van der Waals surface area (Å²) < 4.78 is 5.77. The number of ketones is 2. The number of hydrogen-bond acceptors (Lipinski definition) is 9. The predicted octanol–water partition coefficient (Wildman–Crippen LogP) is 3.91. The van der Waals surface area contributed by atoms with Gasteiger partial charge in [-0.3, -0.25) is 24.2 Å². The average Bonchev–Trinajstić information content (AvgIpc) is 2.97. The number of primary amides is 1. The van der Waals surface area contributed by atoms with Crippen molar-refractivity contribution in [1.29, 1.82) is 0 Å². The molecule has 3 unspecified atom stereocenters. The third-order valence-corrected chi connectivity index (χ3v) is 10.3. The number of carbonyl (C=O) groups is 3. The first-order valence-electron chi connectivity index (χ1n) is 15.6. The lowest BCUT2D eigenvalue weighted by Crippen LogP contribution is -2.53. The van der Waals surface area contributed by atoms with E-state index < -0.39 is 58.4 Å². The fourth-order valence-corrected chi connectivity index (χ4v) is 8.06. The number of nitrogens with zero attached hydrogens (tertiary/aromatic N) is 2. The Morgan fingerprint density at radius 3 is 2.40 bits per heavy atom. The summed E-state index contributed by atoms with van der Waals surface area (Å²) in [6, 6.07) is 8.59. The number of aliphatic hydroxyl groups is 2. The van der Waals surface area contributed by atoms with Gasteiger partial charge in [0.2, 0.25) is 0 Å². The number of nitrogens with two attached hydrogens (primary N) is 1. The maximum Gasteiger partial charge on any atom is 0.255 e. The number of benzene rings is 2. The molecule has 1 heterocycles. The van der Waals surface area contributed by atoms with Gasteiger partial charge in [0.25, 0.3) is 5.91 Å². The normalized spacial score (nSPS) is 25.7. The molecule has 10 heteroatoms. The molecule has 2 aromatic rings. The average molecular weight is 616 g/mol. The Hall–Kier alpha value is -4.15. The van der Waals surface area contributed by atoms with Crippen LogP contribution in [0.4, 0.5) is 0 Å². The van der Waals surface area contributed by atoms with Crippen LogP contribution in [-0.4, -0.2) is 82.9 Å². The van der Waals surface area contributed by atoms with Gasteiger partial charge in [-0.2, -0.15) is 0 Å². The summed E-state index contributed by atoms with van der Waals surface area (Å²) in [7, 11) is 5.03. The minimum atomic E-state index is -1.22. The van der Waals surface area contributed by atoms with Crippen LogP contribution in [-0.2, 0) is 22.6 Å². The molecule has 1 amide bonds. The Balaban J connectivity index is 1.44. The van der Waals surface area contributed by atoms with Crippen molar-refractivity contribution in [2.45, 2.75) is 45.2 Å². The highest BCUT2D eigenvalue weighted by Gasteiger charge is 2.54. The highest BCUT2D eigenvalue weighted by atomic mass is 16.5. The highest BCUT2D eigenvalue weighted by molar-refractivity contribution is 6.22. The van der Waals surface area contributed by atoms with E-state index in [2.05, 4.69) is 24.0 Å². The number of piperidine rings is 1. The molecule has 5 N–H and O–H groups in total. The van der Waals surface area contributed by atoms with Crippen molar-refractivity contribution in [2.75, 3.05) is 34.3 Å². The van der Waals surface area contributed by atoms with Crippen molar-refractivity contribution in [2.24, 2.45) is 29.4 Å². The molecule has 2 aromatic carbocycles. The van der Waals surface area contributed by atoms with Crippen LogP contribution in [0.2, 0.25) is 0 Å². The van der Waals surface area contributed by atoms with Gasteiger partial charge in [-0.15, -0.1) is 0 Å². The van der Waals surface area contributed by atoms with Crippen molar-refractivity contribution in [3.05, 3.63) is 69.7 Å². The second-order valence-corrected chi connectivity index (χ2v) is 13.3. The number of methoxy groups -OCH3 is 1. The number of phenols is 1. The SMILES string of the molecule is COc1ccc(CN2CCC(C)CC2)cc1-c1ccc(O)c2c1CC1CC3C(C(=O)C(C(N)=O)=C(O)[C@H]3N(C)C)C(O)=C1C2=O. The number of likely N-dealkylation sites (N-methyl/N-ethyl adjacent to an activating group) is 1. The van der Waals surface area contributed by atoms with Crippen molar-refractivity contribution >= 4 is 17.5 Å². The van der Waals surface area contributed by atoms with Crippen LogP contribution in [0.5, 0.6) is 11.5 Å². The van der Waals surface area contributed by atoms with Crippen LogP contribution in [0.25, 0.3) is 11.1 Å². The molecule has 0 saturated carbocycles. The first-order chi connectivity index (χ1) is 21.4. The molecule has 0 spiro atoms. The molecule has 0 aromatic heterocycles. The number of carbonyl (C=O) groups excluding carboxylic acids is 3. The number of hydrogen-bond donors (Lipinski definition) is 4. The Morgan fingerprint density at radius 2 is 1.76 bits per heavy atom. The van der Waals surface area contributed by atoms with Crippen LogP contribution in [0.15, 0.2) is 53.0 Å². The van der Waals surface area contributed by atoms with E-state index in [9.17, 15) is 29.7 Å². The van der Waals surface area contributed by atoms with Gasteiger partial charge in [-0.05, 0) is 106 Å². The minimum absolute atomic E-state index is 0.0623. The predicted molar refractivity (Wildman–Crippen MR) is 168 cm³/mol. The smallest absolute Gasteiger partial charge is 0.255 e. The summed E-state index contributed by atoms with van der Waals surface area (Å²) in [5.41, 5.74) is 8.39. The molecule has 4 aliphatic rings. The number of likely N-dealkylation sites (tertiary alicyclic amines) is 1. The Bertz CT molecular complexity index is 1650. The number of ether oxygens (including phenoxy) is 1. The second-order valence-electron chi connectivity index (χ2n) is 13.3. The topological polar surface area (TPSA) is 154 Å². The number of amides is 1. The van der Waals surface area contributed by atoms with E-state index in [1.54, 1.807) is 32.2 Å². The van der Waals surface area contributed by atoms with E-state index in [4.69, 9.17) is 10.5 Å². The van der Waals surface area contributed by atoms with E-state index in [0.29, 0.717) is 24.2 Å². The summed E-state index contributed by atoms with van der Waals surface area (Å²) in [5.74, 6) is -4.44. The number of Topliss-reactive ketones (excluding diaryl/α,β-unsaturated/α-hetero) is 2. The molecule has 4 atom stereocenters. The summed E-state index contributed by atoms with van der Waals surface area (Å²) in [6.45, 7) is 5.15. The molecule has 1 aliphatic heterocycles. The molecule has 10 nitrogen and oxygen atoms in total. The summed E-state index contributed by atoms with van der Waals surface area (Å²) in [6.07, 6.45) is 2.94. The van der Waals surface area contributed by atoms with Crippen LogP contribution in [0.3, 0.4) is 0 Å². The van der Waals surface area contributed by atoms with Gasteiger partial charge in [0.15, 0.2) is 11.6 Å². The molecule has 1 fully saturated rings. The fraction of sp³-hybridized carbons (Fsp3) is 0.457. The lowest BCUT2D eigenvalue weighted by atomic mass is 9.60. The van der Waals surface area contributed by atoms with Crippen molar-refractivity contribution in [3.8, 4) is 22.6 Å². The minimum Gasteiger partial charge on any atom is -0.511 e. The molecule has 0 radical (unpaired) electrons. The summed E-state index contributed by atoms with van der Waals surface area (Å²) in [4.78, 5) is 44.0. The van der Waals surface area contributed by atoms with Crippen molar-refractivity contribution in [3.63, 3.8) is 0 Å².